The highest BCUT2D eigenvalue weighted by Crippen LogP contribution is 2.31. The van der Waals surface area contributed by atoms with Gasteiger partial charge in [-0.1, -0.05) is 18.2 Å². The van der Waals surface area contributed by atoms with Crippen LogP contribution in [0.4, 0.5) is 4.39 Å². The Kier molecular flexibility index (Phi) is 3.95. The summed E-state index contributed by atoms with van der Waals surface area (Å²) >= 11 is 0. The maximum absolute atomic E-state index is 13.3. The summed E-state index contributed by atoms with van der Waals surface area (Å²) in [6, 6.07) is 12.4. The van der Waals surface area contributed by atoms with E-state index in [4.69, 9.17) is 10.5 Å². The molecule has 2 aromatic rings. The van der Waals surface area contributed by atoms with Gasteiger partial charge in [-0.25, -0.2) is 4.39 Å². The Morgan fingerprint density at radius 1 is 1.17 bits per heavy atom. The number of rotatable bonds is 4. The van der Waals surface area contributed by atoms with Crippen molar-refractivity contribution < 1.29 is 9.13 Å². The van der Waals surface area contributed by atoms with Crippen LogP contribution in [-0.2, 0) is 6.42 Å². The molecule has 0 unspecified atom stereocenters. The summed E-state index contributed by atoms with van der Waals surface area (Å²) in [5, 5.41) is 0. The van der Waals surface area contributed by atoms with Crippen LogP contribution in [0, 0.1) is 5.82 Å². The van der Waals surface area contributed by atoms with Crippen LogP contribution in [0.1, 0.15) is 5.56 Å². The van der Waals surface area contributed by atoms with E-state index in [1.165, 1.54) is 12.1 Å². The summed E-state index contributed by atoms with van der Waals surface area (Å²) in [4.78, 5) is 0. The molecular weight excluding hydrogens is 229 g/mol. The molecular formula is C15H16FNO. The van der Waals surface area contributed by atoms with Crippen molar-refractivity contribution in [3.63, 3.8) is 0 Å². The van der Waals surface area contributed by atoms with Gasteiger partial charge in [-0.2, -0.15) is 0 Å². The van der Waals surface area contributed by atoms with Gasteiger partial charge in [0.1, 0.15) is 11.6 Å². The van der Waals surface area contributed by atoms with Crippen molar-refractivity contribution in [3.8, 4) is 16.9 Å². The van der Waals surface area contributed by atoms with E-state index in [0.29, 0.717) is 6.54 Å². The van der Waals surface area contributed by atoms with Crippen molar-refractivity contribution in [1.29, 1.82) is 0 Å². The number of halogens is 1. The smallest absolute Gasteiger partial charge is 0.126 e. The van der Waals surface area contributed by atoms with Gasteiger partial charge in [-0.15, -0.1) is 0 Å². The van der Waals surface area contributed by atoms with Gasteiger partial charge in [-0.05, 0) is 48.4 Å². The quantitative estimate of drug-likeness (QED) is 0.898. The molecule has 0 fully saturated rings. The number of ether oxygens (including phenoxy) is 1. The third kappa shape index (κ3) is 2.68. The highest BCUT2D eigenvalue weighted by atomic mass is 19.1. The molecule has 0 spiro atoms. The zero-order chi connectivity index (χ0) is 13.0. The Bertz CT molecular complexity index is 540. The van der Waals surface area contributed by atoms with E-state index >= 15 is 0 Å². The lowest BCUT2D eigenvalue weighted by Crippen LogP contribution is -2.03. The third-order valence-corrected chi connectivity index (χ3v) is 2.83. The summed E-state index contributed by atoms with van der Waals surface area (Å²) in [5.74, 6) is 0.486. The lowest BCUT2D eigenvalue weighted by atomic mass is 10.0. The van der Waals surface area contributed by atoms with Crippen molar-refractivity contribution >= 4 is 0 Å². The second kappa shape index (κ2) is 5.65. The molecule has 3 heteroatoms. The van der Waals surface area contributed by atoms with Gasteiger partial charge in [0.25, 0.3) is 0 Å². The number of benzene rings is 2. The Hall–Kier alpha value is -1.87. The summed E-state index contributed by atoms with van der Waals surface area (Å²) in [6.45, 7) is 0.592. The van der Waals surface area contributed by atoms with Crippen molar-refractivity contribution in [3.05, 3.63) is 53.8 Å². The molecule has 0 bridgehead atoms. The Labute approximate surface area is 106 Å². The van der Waals surface area contributed by atoms with Crippen LogP contribution in [0.2, 0.25) is 0 Å². The van der Waals surface area contributed by atoms with Crippen molar-refractivity contribution in [2.24, 2.45) is 5.73 Å². The minimum absolute atomic E-state index is 0.251. The largest absolute Gasteiger partial charge is 0.496 e. The summed E-state index contributed by atoms with van der Waals surface area (Å²) in [7, 11) is 1.61. The molecule has 2 N–H and O–H groups in total. The van der Waals surface area contributed by atoms with E-state index in [1.807, 2.05) is 24.3 Å². The second-order valence-electron chi connectivity index (χ2n) is 4.08. The van der Waals surface area contributed by atoms with Crippen LogP contribution in [-0.4, -0.2) is 13.7 Å². The predicted molar refractivity (Wildman–Crippen MR) is 71.1 cm³/mol. The molecule has 94 valence electrons. The first-order valence-electron chi connectivity index (χ1n) is 5.87. The number of nitrogens with two attached hydrogens (primary N) is 1. The monoisotopic (exact) mass is 245 g/mol. The number of hydrogen-bond acceptors (Lipinski definition) is 2. The summed E-state index contributed by atoms with van der Waals surface area (Å²) in [5.41, 5.74) is 8.38. The van der Waals surface area contributed by atoms with Gasteiger partial charge in [0.2, 0.25) is 0 Å². The molecule has 0 saturated heterocycles. The molecule has 0 aliphatic heterocycles. The molecule has 0 atom stereocenters. The Morgan fingerprint density at radius 3 is 2.67 bits per heavy atom. The highest BCUT2D eigenvalue weighted by Gasteiger charge is 2.07. The van der Waals surface area contributed by atoms with Crippen molar-refractivity contribution in [2.45, 2.75) is 6.42 Å². The van der Waals surface area contributed by atoms with Gasteiger partial charge < -0.3 is 10.5 Å². The zero-order valence-corrected chi connectivity index (χ0v) is 10.3. The molecule has 2 nitrogen and oxygen atoms in total. The van der Waals surface area contributed by atoms with Crippen LogP contribution in [0.3, 0.4) is 0 Å². The van der Waals surface area contributed by atoms with Gasteiger partial charge in [-0.3, -0.25) is 0 Å². The fraction of sp³-hybridized carbons (Fsp3) is 0.200. The molecule has 0 saturated carbocycles. The first kappa shape index (κ1) is 12.6. The average Bonchev–Trinajstić information content (AvgIpc) is 2.39. The summed E-state index contributed by atoms with van der Waals surface area (Å²) in [6.07, 6.45) is 0.798. The minimum atomic E-state index is -0.251. The lowest BCUT2D eigenvalue weighted by Gasteiger charge is -2.11. The molecule has 0 aliphatic carbocycles. The molecule has 0 aromatic heterocycles. The molecule has 0 aliphatic rings. The van der Waals surface area contributed by atoms with Crippen molar-refractivity contribution in [1.82, 2.24) is 0 Å². The third-order valence-electron chi connectivity index (χ3n) is 2.83. The maximum Gasteiger partial charge on any atom is 0.126 e. The number of methoxy groups -OCH3 is 1. The topological polar surface area (TPSA) is 35.2 Å². The summed E-state index contributed by atoms with van der Waals surface area (Å²) < 4.78 is 18.6. The maximum atomic E-state index is 13.3. The van der Waals surface area contributed by atoms with E-state index < -0.39 is 0 Å². The molecule has 0 radical (unpaired) electrons. The number of hydrogen-bond donors (Lipinski definition) is 1. The molecule has 18 heavy (non-hydrogen) atoms. The molecule has 0 heterocycles. The first-order valence-corrected chi connectivity index (χ1v) is 5.87. The minimum Gasteiger partial charge on any atom is -0.496 e. The average molecular weight is 245 g/mol. The van der Waals surface area contributed by atoms with E-state index in [1.54, 1.807) is 13.2 Å². The van der Waals surface area contributed by atoms with Crippen LogP contribution in [0.25, 0.3) is 11.1 Å². The first-order chi connectivity index (χ1) is 8.74. The molecule has 0 amide bonds. The van der Waals surface area contributed by atoms with Crippen LogP contribution >= 0.6 is 0 Å². The standard InChI is InChI=1S/C15H16FNO/c1-18-15-6-5-11(7-8-17)9-14(15)12-3-2-4-13(16)10-12/h2-6,9-10H,7-8,17H2,1H3. The second-order valence-corrected chi connectivity index (χ2v) is 4.08. The van der Waals surface area contributed by atoms with E-state index in [9.17, 15) is 4.39 Å². The van der Waals surface area contributed by atoms with Crippen molar-refractivity contribution in [2.75, 3.05) is 13.7 Å². The predicted octanol–water partition coefficient (Wildman–Crippen LogP) is 3.00. The fourth-order valence-electron chi connectivity index (χ4n) is 1.96. The molecule has 2 aromatic carbocycles. The van der Waals surface area contributed by atoms with Gasteiger partial charge in [0, 0.05) is 5.56 Å². The van der Waals surface area contributed by atoms with E-state index in [-0.39, 0.29) is 5.82 Å². The highest BCUT2D eigenvalue weighted by molar-refractivity contribution is 5.71. The van der Waals surface area contributed by atoms with Crippen LogP contribution in [0.5, 0.6) is 5.75 Å². The fourth-order valence-corrected chi connectivity index (χ4v) is 1.96. The van der Waals surface area contributed by atoms with Gasteiger partial charge in [0.15, 0.2) is 0 Å². The zero-order valence-electron chi connectivity index (χ0n) is 10.3. The normalized spacial score (nSPS) is 10.4. The Morgan fingerprint density at radius 2 is 2.00 bits per heavy atom. The van der Waals surface area contributed by atoms with Crippen LogP contribution < -0.4 is 10.5 Å². The molecule has 2 rings (SSSR count). The van der Waals surface area contributed by atoms with Crippen LogP contribution in [0.15, 0.2) is 42.5 Å². The van der Waals surface area contributed by atoms with Gasteiger partial charge >= 0.3 is 0 Å². The van der Waals surface area contributed by atoms with Gasteiger partial charge in [0.05, 0.1) is 7.11 Å². The van der Waals surface area contributed by atoms with E-state index in [2.05, 4.69) is 0 Å². The van der Waals surface area contributed by atoms with E-state index in [0.717, 1.165) is 28.9 Å². The lowest BCUT2D eigenvalue weighted by molar-refractivity contribution is 0.416. The SMILES string of the molecule is COc1ccc(CCN)cc1-c1cccc(F)c1. The Balaban J connectivity index is 2.49.